The monoisotopic (exact) mass is 219 g/mol. The topological polar surface area (TPSA) is 12.5 Å². The first-order valence-corrected chi connectivity index (χ1v) is 6.60. The minimum Gasteiger partial charge on any atom is -0.277 e. The van der Waals surface area contributed by atoms with Crippen LogP contribution in [0, 0.1) is 11.8 Å². The zero-order valence-corrected chi connectivity index (χ0v) is 10.1. The summed E-state index contributed by atoms with van der Waals surface area (Å²) in [6, 6.07) is 0. The van der Waals surface area contributed by atoms with E-state index < -0.39 is 0 Å². The molecule has 2 heteroatoms. The van der Waals surface area contributed by atoms with Crippen LogP contribution >= 0.6 is 0 Å². The fourth-order valence-electron chi connectivity index (χ4n) is 3.72. The van der Waals surface area contributed by atoms with E-state index in [1.807, 2.05) is 5.06 Å². The molecular weight excluding hydrogens is 198 g/mol. The lowest BCUT2D eigenvalue weighted by molar-refractivity contribution is -0.0956. The Labute approximate surface area is 97.9 Å². The molecule has 2 aliphatic carbocycles. The predicted molar refractivity (Wildman–Crippen MR) is 64.6 cm³/mol. The summed E-state index contributed by atoms with van der Waals surface area (Å²) in [7, 11) is 1.77. The molecule has 2 unspecified atom stereocenters. The van der Waals surface area contributed by atoms with Crippen molar-refractivity contribution >= 4 is 0 Å². The third-order valence-electron chi connectivity index (χ3n) is 4.43. The molecule has 0 aromatic heterocycles. The maximum Gasteiger partial charge on any atom is 0.0638 e. The van der Waals surface area contributed by atoms with Gasteiger partial charge in [0.25, 0.3) is 0 Å². The second-order valence-corrected chi connectivity index (χ2v) is 5.30. The first-order valence-electron chi connectivity index (χ1n) is 6.60. The SMILES string of the molecule is CON1C=CC2=C3C(CCC2)CCCC3C1. The number of nitrogens with zero attached hydrogens (tertiary/aromatic N) is 1. The van der Waals surface area contributed by atoms with Crippen molar-refractivity contribution < 1.29 is 4.84 Å². The van der Waals surface area contributed by atoms with Crippen LogP contribution in [0.2, 0.25) is 0 Å². The molecule has 0 radical (unpaired) electrons. The molecule has 1 saturated carbocycles. The van der Waals surface area contributed by atoms with Gasteiger partial charge in [0.1, 0.15) is 0 Å². The molecule has 0 aromatic carbocycles. The average molecular weight is 219 g/mol. The van der Waals surface area contributed by atoms with Crippen molar-refractivity contribution in [3.8, 4) is 0 Å². The Morgan fingerprint density at radius 1 is 1.19 bits per heavy atom. The maximum atomic E-state index is 5.39. The fourth-order valence-corrected chi connectivity index (χ4v) is 3.72. The van der Waals surface area contributed by atoms with Gasteiger partial charge in [0.05, 0.1) is 13.7 Å². The van der Waals surface area contributed by atoms with Crippen LogP contribution in [0.25, 0.3) is 0 Å². The van der Waals surface area contributed by atoms with Gasteiger partial charge in [-0.05, 0) is 49.7 Å². The molecule has 0 aromatic rings. The van der Waals surface area contributed by atoms with Crippen LogP contribution in [0.1, 0.15) is 38.5 Å². The van der Waals surface area contributed by atoms with Crippen LogP contribution < -0.4 is 0 Å². The van der Waals surface area contributed by atoms with Crippen LogP contribution in [0.3, 0.4) is 0 Å². The summed E-state index contributed by atoms with van der Waals surface area (Å²) in [6.45, 7) is 1.06. The summed E-state index contributed by atoms with van der Waals surface area (Å²) in [5.41, 5.74) is 3.41. The number of hydrogen-bond acceptors (Lipinski definition) is 2. The molecule has 1 fully saturated rings. The van der Waals surface area contributed by atoms with Crippen molar-refractivity contribution in [3.05, 3.63) is 23.4 Å². The molecule has 1 heterocycles. The Balaban J connectivity index is 1.94. The fraction of sp³-hybridized carbons (Fsp3) is 0.714. The van der Waals surface area contributed by atoms with E-state index in [-0.39, 0.29) is 0 Å². The van der Waals surface area contributed by atoms with E-state index in [2.05, 4.69) is 12.3 Å². The molecule has 0 bridgehead atoms. The summed E-state index contributed by atoms with van der Waals surface area (Å²) in [6.07, 6.45) is 12.7. The molecule has 16 heavy (non-hydrogen) atoms. The van der Waals surface area contributed by atoms with Crippen LogP contribution in [0.15, 0.2) is 23.4 Å². The zero-order valence-electron chi connectivity index (χ0n) is 10.1. The van der Waals surface area contributed by atoms with Gasteiger partial charge < -0.3 is 0 Å². The third kappa shape index (κ3) is 1.69. The molecule has 0 N–H and O–H groups in total. The van der Waals surface area contributed by atoms with E-state index in [0.29, 0.717) is 0 Å². The molecule has 0 spiro atoms. The van der Waals surface area contributed by atoms with Crippen molar-refractivity contribution in [3.63, 3.8) is 0 Å². The van der Waals surface area contributed by atoms with Crippen molar-refractivity contribution in [2.75, 3.05) is 13.7 Å². The molecule has 2 nitrogen and oxygen atoms in total. The molecule has 0 amide bonds. The minimum absolute atomic E-state index is 0.754. The van der Waals surface area contributed by atoms with E-state index in [0.717, 1.165) is 18.4 Å². The highest BCUT2D eigenvalue weighted by atomic mass is 16.7. The zero-order chi connectivity index (χ0) is 11.0. The van der Waals surface area contributed by atoms with Gasteiger partial charge >= 0.3 is 0 Å². The van der Waals surface area contributed by atoms with Gasteiger partial charge in [-0.15, -0.1) is 0 Å². The quantitative estimate of drug-likeness (QED) is 0.671. The standard InChI is InChI=1S/C14H21NO/c1-16-15-9-8-12-6-2-4-11-5-3-7-13(10-15)14(11)12/h8-9,11,13H,2-7,10H2,1H3. The van der Waals surface area contributed by atoms with Gasteiger partial charge in [-0.3, -0.25) is 9.90 Å². The van der Waals surface area contributed by atoms with E-state index in [4.69, 9.17) is 4.84 Å². The van der Waals surface area contributed by atoms with Gasteiger partial charge in [-0.2, -0.15) is 0 Å². The normalized spacial score (nSPS) is 33.7. The first kappa shape index (κ1) is 10.4. The molecule has 3 rings (SSSR count). The lowest BCUT2D eigenvalue weighted by atomic mass is 9.69. The Kier molecular flexibility index (Phi) is 2.76. The number of rotatable bonds is 1. The lowest BCUT2D eigenvalue weighted by Gasteiger charge is -2.37. The highest BCUT2D eigenvalue weighted by Gasteiger charge is 2.33. The van der Waals surface area contributed by atoms with Gasteiger partial charge in [-0.1, -0.05) is 12.0 Å². The van der Waals surface area contributed by atoms with Gasteiger partial charge in [0, 0.05) is 12.1 Å². The lowest BCUT2D eigenvalue weighted by Crippen LogP contribution is -2.30. The molecular formula is C14H21NO. The predicted octanol–water partition coefficient (Wildman–Crippen LogP) is 3.27. The van der Waals surface area contributed by atoms with Gasteiger partial charge in [-0.25, -0.2) is 0 Å². The average Bonchev–Trinajstić information content (AvgIpc) is 2.51. The highest BCUT2D eigenvalue weighted by molar-refractivity contribution is 5.33. The summed E-state index contributed by atoms with van der Waals surface area (Å²) < 4.78 is 0. The van der Waals surface area contributed by atoms with Gasteiger partial charge in [0.15, 0.2) is 0 Å². The number of hydroxylamine groups is 2. The number of hydrogen-bond donors (Lipinski definition) is 0. The van der Waals surface area contributed by atoms with Crippen molar-refractivity contribution in [2.24, 2.45) is 11.8 Å². The highest BCUT2D eigenvalue weighted by Crippen LogP contribution is 2.44. The summed E-state index contributed by atoms with van der Waals surface area (Å²) in [5.74, 6) is 1.65. The van der Waals surface area contributed by atoms with Crippen molar-refractivity contribution in [1.82, 2.24) is 5.06 Å². The van der Waals surface area contributed by atoms with E-state index >= 15 is 0 Å². The Hall–Kier alpha value is -0.760. The summed E-state index contributed by atoms with van der Waals surface area (Å²) in [4.78, 5) is 5.39. The molecule has 88 valence electrons. The second kappa shape index (κ2) is 4.25. The molecule has 3 aliphatic rings. The maximum absolute atomic E-state index is 5.39. The van der Waals surface area contributed by atoms with E-state index in [1.165, 1.54) is 38.5 Å². The van der Waals surface area contributed by atoms with Crippen molar-refractivity contribution in [2.45, 2.75) is 38.5 Å². The van der Waals surface area contributed by atoms with E-state index in [9.17, 15) is 0 Å². The largest absolute Gasteiger partial charge is 0.277 e. The van der Waals surface area contributed by atoms with Crippen LogP contribution in [-0.2, 0) is 4.84 Å². The first-order chi connectivity index (χ1) is 7.88. The van der Waals surface area contributed by atoms with Crippen LogP contribution in [0.5, 0.6) is 0 Å². The van der Waals surface area contributed by atoms with Crippen LogP contribution in [-0.4, -0.2) is 18.7 Å². The number of allylic oxidation sites excluding steroid dienone is 2. The van der Waals surface area contributed by atoms with E-state index in [1.54, 1.807) is 18.3 Å². The van der Waals surface area contributed by atoms with Crippen LogP contribution in [0.4, 0.5) is 0 Å². The summed E-state index contributed by atoms with van der Waals surface area (Å²) >= 11 is 0. The smallest absolute Gasteiger partial charge is 0.0638 e. The molecule has 2 atom stereocenters. The van der Waals surface area contributed by atoms with Gasteiger partial charge in [0.2, 0.25) is 0 Å². The third-order valence-corrected chi connectivity index (χ3v) is 4.43. The summed E-state index contributed by atoms with van der Waals surface area (Å²) in [5, 5.41) is 2.01. The van der Waals surface area contributed by atoms with Crippen molar-refractivity contribution in [1.29, 1.82) is 0 Å². The molecule has 0 saturated heterocycles. The Morgan fingerprint density at radius 3 is 2.88 bits per heavy atom. The minimum atomic E-state index is 0.754. The second-order valence-electron chi connectivity index (χ2n) is 5.30. The Bertz CT molecular complexity index is 332. The Morgan fingerprint density at radius 2 is 2.00 bits per heavy atom. The molecule has 1 aliphatic heterocycles.